The first-order valence-corrected chi connectivity index (χ1v) is 7.58. The lowest BCUT2D eigenvalue weighted by atomic mass is 10.0. The van der Waals surface area contributed by atoms with E-state index in [9.17, 15) is 0 Å². The van der Waals surface area contributed by atoms with Crippen molar-refractivity contribution in [1.29, 1.82) is 0 Å². The highest BCUT2D eigenvalue weighted by Crippen LogP contribution is 2.28. The van der Waals surface area contributed by atoms with E-state index in [-0.39, 0.29) is 0 Å². The zero-order valence-corrected chi connectivity index (χ0v) is 11.9. The molecule has 1 heterocycles. The van der Waals surface area contributed by atoms with Crippen LogP contribution in [-0.2, 0) is 6.42 Å². The quantitative estimate of drug-likeness (QED) is 0.804. The van der Waals surface area contributed by atoms with Crippen LogP contribution in [0.2, 0.25) is 0 Å². The van der Waals surface area contributed by atoms with Gasteiger partial charge in [-0.25, -0.2) is 0 Å². The largest absolute Gasteiger partial charge is 0.317 e. The van der Waals surface area contributed by atoms with Gasteiger partial charge >= 0.3 is 0 Å². The minimum absolute atomic E-state index is 0.674. The van der Waals surface area contributed by atoms with Gasteiger partial charge in [0, 0.05) is 6.20 Å². The molecule has 1 unspecified atom stereocenters. The second-order valence-electron chi connectivity index (χ2n) is 5.51. The Kier molecular flexibility index (Phi) is 5.24. The van der Waals surface area contributed by atoms with Crippen molar-refractivity contribution in [2.24, 2.45) is 5.92 Å². The second kappa shape index (κ2) is 6.93. The van der Waals surface area contributed by atoms with Gasteiger partial charge in [0.1, 0.15) is 0 Å². The molecular weight excluding hydrogens is 222 g/mol. The van der Waals surface area contributed by atoms with Gasteiger partial charge in [0.15, 0.2) is 0 Å². The van der Waals surface area contributed by atoms with E-state index >= 15 is 0 Å². The molecule has 1 saturated carbocycles. The lowest BCUT2D eigenvalue weighted by Gasteiger charge is -2.14. The summed E-state index contributed by atoms with van der Waals surface area (Å²) in [5.74, 6) is 0.719. The predicted molar refractivity (Wildman–Crippen MR) is 75.8 cm³/mol. The predicted octanol–water partition coefficient (Wildman–Crippen LogP) is 3.18. The molecule has 1 aromatic rings. The molecule has 0 amide bonds. The molecule has 0 bridgehead atoms. The Labute approximate surface area is 111 Å². The molecule has 0 aliphatic heterocycles. The van der Waals surface area contributed by atoms with Crippen molar-refractivity contribution in [2.45, 2.75) is 58.4 Å². The first kappa shape index (κ1) is 13.6. The van der Waals surface area contributed by atoms with Crippen molar-refractivity contribution in [2.75, 3.05) is 13.1 Å². The van der Waals surface area contributed by atoms with E-state index < -0.39 is 0 Å². The van der Waals surface area contributed by atoms with Crippen LogP contribution in [-0.4, -0.2) is 22.9 Å². The van der Waals surface area contributed by atoms with E-state index in [4.69, 9.17) is 5.10 Å². The van der Waals surface area contributed by atoms with Gasteiger partial charge in [-0.05, 0) is 44.3 Å². The van der Waals surface area contributed by atoms with Crippen molar-refractivity contribution < 1.29 is 0 Å². The smallest absolute Gasteiger partial charge is 0.0627 e. The summed E-state index contributed by atoms with van der Waals surface area (Å²) in [6.07, 6.45) is 9.90. The molecule has 1 N–H and O–H groups in total. The summed E-state index contributed by atoms with van der Waals surface area (Å²) in [5, 5.41) is 8.22. The third-order valence-corrected chi connectivity index (χ3v) is 4.12. The molecule has 0 aromatic carbocycles. The van der Waals surface area contributed by atoms with Gasteiger partial charge in [-0.3, -0.25) is 4.68 Å². The molecule has 18 heavy (non-hydrogen) atoms. The third-order valence-electron chi connectivity index (χ3n) is 4.12. The fraction of sp³-hybridized carbons (Fsp3) is 0.800. The monoisotopic (exact) mass is 249 g/mol. The van der Waals surface area contributed by atoms with Gasteiger partial charge in [0.25, 0.3) is 0 Å². The summed E-state index contributed by atoms with van der Waals surface area (Å²) in [4.78, 5) is 0. The van der Waals surface area contributed by atoms with Gasteiger partial charge in [-0.2, -0.15) is 5.10 Å². The van der Waals surface area contributed by atoms with Crippen molar-refractivity contribution >= 4 is 0 Å². The maximum atomic E-state index is 4.78. The van der Waals surface area contributed by atoms with E-state index in [1.54, 1.807) is 0 Å². The van der Waals surface area contributed by atoms with Crippen molar-refractivity contribution in [3.8, 4) is 0 Å². The van der Waals surface area contributed by atoms with Crippen LogP contribution in [0, 0.1) is 5.92 Å². The molecular formula is C15H27N3. The van der Waals surface area contributed by atoms with Crippen LogP contribution in [0.3, 0.4) is 0 Å². The standard InChI is InChI=1S/C15H27N3/c1-3-13(12-16-4-2)11-14-9-10-18(17-14)15-7-5-6-8-15/h9-10,13,15-16H,3-8,11-12H2,1-2H3. The Bertz CT molecular complexity index is 339. The molecule has 3 heteroatoms. The van der Waals surface area contributed by atoms with Gasteiger partial charge in [-0.15, -0.1) is 0 Å². The first-order valence-electron chi connectivity index (χ1n) is 7.58. The maximum Gasteiger partial charge on any atom is 0.0627 e. The zero-order chi connectivity index (χ0) is 12.8. The van der Waals surface area contributed by atoms with Gasteiger partial charge in [0.2, 0.25) is 0 Å². The molecule has 3 nitrogen and oxygen atoms in total. The van der Waals surface area contributed by atoms with Crippen LogP contribution in [0.1, 0.15) is 57.7 Å². The van der Waals surface area contributed by atoms with Gasteiger partial charge in [0.05, 0.1) is 11.7 Å². The van der Waals surface area contributed by atoms with E-state index in [2.05, 4.69) is 36.1 Å². The number of hydrogen-bond donors (Lipinski definition) is 1. The van der Waals surface area contributed by atoms with E-state index in [0.29, 0.717) is 6.04 Å². The number of aromatic nitrogens is 2. The third kappa shape index (κ3) is 3.58. The first-order chi connectivity index (χ1) is 8.83. The highest BCUT2D eigenvalue weighted by Gasteiger charge is 2.18. The zero-order valence-electron chi connectivity index (χ0n) is 11.9. The molecule has 0 radical (unpaired) electrons. The van der Waals surface area contributed by atoms with Crippen LogP contribution < -0.4 is 5.32 Å². The summed E-state index contributed by atoms with van der Waals surface area (Å²) in [5.41, 5.74) is 1.27. The lowest BCUT2D eigenvalue weighted by molar-refractivity contribution is 0.440. The van der Waals surface area contributed by atoms with Crippen molar-refractivity contribution in [3.05, 3.63) is 18.0 Å². The Hall–Kier alpha value is -0.830. The molecule has 0 spiro atoms. The molecule has 102 valence electrons. The molecule has 2 rings (SSSR count). The summed E-state index contributed by atoms with van der Waals surface area (Å²) in [7, 11) is 0. The SMILES string of the molecule is CCNCC(CC)Cc1ccn(C2CCCC2)n1. The van der Waals surface area contributed by atoms with Gasteiger partial charge < -0.3 is 5.32 Å². The van der Waals surface area contributed by atoms with E-state index in [1.165, 1.54) is 37.8 Å². The van der Waals surface area contributed by atoms with E-state index in [1.807, 2.05) is 0 Å². The minimum atomic E-state index is 0.674. The molecule has 1 fully saturated rings. The Morgan fingerprint density at radius 2 is 2.17 bits per heavy atom. The number of rotatable bonds is 7. The number of hydrogen-bond acceptors (Lipinski definition) is 2. The van der Waals surface area contributed by atoms with E-state index in [0.717, 1.165) is 25.4 Å². The second-order valence-corrected chi connectivity index (χ2v) is 5.51. The lowest BCUT2D eigenvalue weighted by Crippen LogP contribution is -2.23. The molecule has 1 aliphatic carbocycles. The topological polar surface area (TPSA) is 29.9 Å². The molecule has 1 atom stereocenters. The number of nitrogens with one attached hydrogen (secondary N) is 1. The van der Waals surface area contributed by atoms with Crippen LogP contribution in [0.4, 0.5) is 0 Å². The summed E-state index contributed by atoms with van der Waals surface area (Å²) >= 11 is 0. The highest BCUT2D eigenvalue weighted by molar-refractivity contribution is 5.01. The summed E-state index contributed by atoms with van der Waals surface area (Å²) < 4.78 is 2.21. The summed E-state index contributed by atoms with van der Waals surface area (Å²) in [6.45, 7) is 6.62. The maximum absolute atomic E-state index is 4.78. The Balaban J connectivity index is 1.88. The highest BCUT2D eigenvalue weighted by atomic mass is 15.3. The fourth-order valence-corrected chi connectivity index (χ4v) is 2.86. The van der Waals surface area contributed by atoms with Crippen molar-refractivity contribution in [1.82, 2.24) is 15.1 Å². The van der Waals surface area contributed by atoms with Crippen LogP contribution in [0.15, 0.2) is 12.3 Å². The molecule has 0 saturated heterocycles. The normalized spacial score (nSPS) is 18.3. The average molecular weight is 249 g/mol. The van der Waals surface area contributed by atoms with Gasteiger partial charge in [-0.1, -0.05) is 33.1 Å². The Morgan fingerprint density at radius 1 is 1.39 bits per heavy atom. The molecule has 1 aliphatic rings. The van der Waals surface area contributed by atoms with Crippen LogP contribution >= 0.6 is 0 Å². The van der Waals surface area contributed by atoms with Crippen LogP contribution in [0.5, 0.6) is 0 Å². The molecule has 1 aromatic heterocycles. The fourth-order valence-electron chi connectivity index (χ4n) is 2.86. The Morgan fingerprint density at radius 3 is 2.83 bits per heavy atom. The average Bonchev–Trinajstić information content (AvgIpc) is 3.04. The minimum Gasteiger partial charge on any atom is -0.317 e. The summed E-state index contributed by atoms with van der Waals surface area (Å²) in [6, 6.07) is 2.89. The van der Waals surface area contributed by atoms with Crippen molar-refractivity contribution in [3.63, 3.8) is 0 Å². The van der Waals surface area contributed by atoms with Crippen LogP contribution in [0.25, 0.3) is 0 Å². The number of nitrogens with zero attached hydrogens (tertiary/aromatic N) is 2.